The fourth-order valence-corrected chi connectivity index (χ4v) is 1.35. The second kappa shape index (κ2) is 3.95. The molecule has 0 spiro atoms. The van der Waals surface area contributed by atoms with Crippen LogP contribution in [0.5, 0.6) is 0 Å². The zero-order valence-corrected chi connectivity index (χ0v) is 8.93. The van der Waals surface area contributed by atoms with Gasteiger partial charge in [0, 0.05) is 11.8 Å². The van der Waals surface area contributed by atoms with E-state index >= 15 is 0 Å². The first kappa shape index (κ1) is 11.0. The predicted molar refractivity (Wildman–Crippen MR) is 52.4 cm³/mol. The molecular weight excluding hydrogens is 166 g/mol. The molecule has 1 fully saturated rings. The Morgan fingerprint density at radius 3 is 2.15 bits per heavy atom. The van der Waals surface area contributed by atoms with Crippen molar-refractivity contribution in [2.24, 2.45) is 11.1 Å². The molecule has 0 aromatic heterocycles. The first-order valence-corrected chi connectivity index (χ1v) is 4.95. The van der Waals surface area contributed by atoms with Crippen LogP contribution in [0, 0.1) is 5.41 Å². The summed E-state index contributed by atoms with van der Waals surface area (Å²) in [5, 5.41) is 0. The van der Waals surface area contributed by atoms with Gasteiger partial charge < -0.3 is 15.2 Å². The Balaban J connectivity index is 2.37. The molecule has 0 atom stereocenters. The molecule has 3 nitrogen and oxygen atoms in total. The van der Waals surface area contributed by atoms with Gasteiger partial charge in [0.1, 0.15) is 0 Å². The van der Waals surface area contributed by atoms with Gasteiger partial charge in [0.15, 0.2) is 5.79 Å². The standard InChI is InChI=1S/C10H21NO2/c1-9(2)7-12-10(3,13-8-9)5-4-6-11/h4-8,11H2,1-3H3. The number of rotatable bonds is 3. The highest BCUT2D eigenvalue weighted by Crippen LogP contribution is 2.31. The first-order valence-electron chi connectivity index (χ1n) is 4.95. The maximum atomic E-state index is 5.70. The van der Waals surface area contributed by atoms with Crippen LogP contribution in [0.25, 0.3) is 0 Å². The highest BCUT2D eigenvalue weighted by atomic mass is 16.7. The Morgan fingerprint density at radius 2 is 1.69 bits per heavy atom. The van der Waals surface area contributed by atoms with E-state index in [1.54, 1.807) is 0 Å². The summed E-state index contributed by atoms with van der Waals surface area (Å²) in [5.41, 5.74) is 5.60. The SMILES string of the molecule is CC1(C)COC(C)(CCCN)OC1. The van der Waals surface area contributed by atoms with Crippen molar-refractivity contribution < 1.29 is 9.47 Å². The van der Waals surface area contributed by atoms with Crippen molar-refractivity contribution in [2.75, 3.05) is 19.8 Å². The van der Waals surface area contributed by atoms with E-state index < -0.39 is 5.79 Å². The summed E-state index contributed by atoms with van der Waals surface area (Å²) >= 11 is 0. The van der Waals surface area contributed by atoms with Crippen molar-refractivity contribution >= 4 is 0 Å². The molecule has 0 bridgehead atoms. The first-order chi connectivity index (χ1) is 5.97. The lowest BCUT2D eigenvalue weighted by molar-refractivity contribution is -0.292. The van der Waals surface area contributed by atoms with Crippen molar-refractivity contribution in [3.05, 3.63) is 0 Å². The highest BCUT2D eigenvalue weighted by Gasteiger charge is 2.35. The smallest absolute Gasteiger partial charge is 0.165 e. The van der Waals surface area contributed by atoms with Gasteiger partial charge in [-0.15, -0.1) is 0 Å². The van der Waals surface area contributed by atoms with Crippen LogP contribution < -0.4 is 5.73 Å². The Kier molecular flexibility index (Phi) is 3.33. The molecule has 2 N–H and O–H groups in total. The molecule has 3 heteroatoms. The van der Waals surface area contributed by atoms with Gasteiger partial charge in [0.25, 0.3) is 0 Å². The summed E-state index contributed by atoms with van der Waals surface area (Å²) < 4.78 is 11.4. The third-order valence-electron chi connectivity index (χ3n) is 2.37. The summed E-state index contributed by atoms with van der Waals surface area (Å²) in [6.07, 6.45) is 1.84. The van der Waals surface area contributed by atoms with Gasteiger partial charge in [-0.25, -0.2) is 0 Å². The largest absolute Gasteiger partial charge is 0.350 e. The minimum Gasteiger partial charge on any atom is -0.350 e. The summed E-state index contributed by atoms with van der Waals surface area (Å²) in [7, 11) is 0. The molecule has 1 aliphatic heterocycles. The summed E-state index contributed by atoms with van der Waals surface area (Å²) in [5.74, 6) is -0.394. The van der Waals surface area contributed by atoms with E-state index in [0.717, 1.165) is 26.1 Å². The van der Waals surface area contributed by atoms with Crippen LogP contribution in [0.3, 0.4) is 0 Å². The zero-order chi connectivity index (χ0) is 9.95. The number of ether oxygens (including phenoxy) is 2. The summed E-state index contributed by atoms with van der Waals surface area (Å²) in [6.45, 7) is 8.54. The molecule has 0 aromatic rings. The third-order valence-corrected chi connectivity index (χ3v) is 2.37. The van der Waals surface area contributed by atoms with E-state index in [1.165, 1.54) is 0 Å². The average molecular weight is 187 g/mol. The van der Waals surface area contributed by atoms with Crippen molar-refractivity contribution in [1.29, 1.82) is 0 Å². The molecule has 0 amide bonds. The molecule has 0 aromatic carbocycles. The lowest BCUT2D eigenvalue weighted by atomic mass is 9.94. The monoisotopic (exact) mass is 187 g/mol. The second-order valence-electron chi connectivity index (χ2n) is 4.77. The van der Waals surface area contributed by atoms with Crippen molar-refractivity contribution in [3.8, 4) is 0 Å². The van der Waals surface area contributed by atoms with E-state index in [9.17, 15) is 0 Å². The molecular formula is C10H21NO2. The van der Waals surface area contributed by atoms with Crippen molar-refractivity contribution in [1.82, 2.24) is 0 Å². The summed E-state index contributed by atoms with van der Waals surface area (Å²) in [6, 6.07) is 0. The van der Waals surface area contributed by atoms with E-state index in [2.05, 4.69) is 13.8 Å². The Morgan fingerprint density at radius 1 is 1.15 bits per heavy atom. The molecule has 13 heavy (non-hydrogen) atoms. The quantitative estimate of drug-likeness (QED) is 0.728. The molecule has 1 saturated heterocycles. The van der Waals surface area contributed by atoms with Crippen LogP contribution in [-0.2, 0) is 9.47 Å². The normalized spacial score (nSPS) is 25.8. The van der Waals surface area contributed by atoms with Crippen LogP contribution in [-0.4, -0.2) is 25.5 Å². The Hall–Kier alpha value is -0.120. The van der Waals surface area contributed by atoms with Gasteiger partial charge >= 0.3 is 0 Å². The highest BCUT2D eigenvalue weighted by molar-refractivity contribution is 4.77. The zero-order valence-electron chi connectivity index (χ0n) is 8.93. The van der Waals surface area contributed by atoms with Gasteiger partial charge in [0.2, 0.25) is 0 Å². The Bertz CT molecular complexity index is 158. The predicted octanol–water partition coefficient (Wildman–Crippen LogP) is 1.51. The lowest BCUT2D eigenvalue weighted by Crippen LogP contribution is -2.45. The van der Waals surface area contributed by atoms with Gasteiger partial charge in [-0.3, -0.25) is 0 Å². The molecule has 1 rings (SSSR count). The van der Waals surface area contributed by atoms with Gasteiger partial charge in [0.05, 0.1) is 13.2 Å². The van der Waals surface area contributed by atoms with E-state index in [-0.39, 0.29) is 5.41 Å². The number of hydrogen-bond donors (Lipinski definition) is 1. The molecule has 0 unspecified atom stereocenters. The van der Waals surface area contributed by atoms with Crippen LogP contribution in [0.4, 0.5) is 0 Å². The van der Waals surface area contributed by atoms with E-state index in [4.69, 9.17) is 15.2 Å². The van der Waals surface area contributed by atoms with Crippen LogP contribution in [0.1, 0.15) is 33.6 Å². The number of nitrogens with two attached hydrogens (primary N) is 1. The van der Waals surface area contributed by atoms with Gasteiger partial charge in [-0.05, 0) is 19.9 Å². The fourth-order valence-electron chi connectivity index (χ4n) is 1.35. The van der Waals surface area contributed by atoms with E-state index in [0.29, 0.717) is 6.54 Å². The average Bonchev–Trinajstić information content (AvgIpc) is 2.08. The lowest BCUT2D eigenvalue weighted by Gasteiger charge is -2.41. The molecule has 78 valence electrons. The topological polar surface area (TPSA) is 44.5 Å². The maximum Gasteiger partial charge on any atom is 0.165 e. The minimum atomic E-state index is -0.394. The molecule has 1 aliphatic rings. The van der Waals surface area contributed by atoms with Crippen LogP contribution in [0.15, 0.2) is 0 Å². The molecule has 0 aliphatic carbocycles. The van der Waals surface area contributed by atoms with Crippen LogP contribution >= 0.6 is 0 Å². The van der Waals surface area contributed by atoms with Gasteiger partial charge in [-0.1, -0.05) is 13.8 Å². The molecule has 1 heterocycles. The third kappa shape index (κ3) is 3.25. The molecule has 0 saturated carbocycles. The van der Waals surface area contributed by atoms with Gasteiger partial charge in [-0.2, -0.15) is 0 Å². The van der Waals surface area contributed by atoms with Crippen LogP contribution in [0.2, 0.25) is 0 Å². The van der Waals surface area contributed by atoms with E-state index in [1.807, 2.05) is 6.92 Å². The minimum absolute atomic E-state index is 0.155. The second-order valence-corrected chi connectivity index (χ2v) is 4.77. The molecule has 0 radical (unpaired) electrons. The Labute approximate surface area is 80.6 Å². The van der Waals surface area contributed by atoms with Crippen molar-refractivity contribution in [2.45, 2.75) is 39.4 Å². The fraction of sp³-hybridized carbons (Fsp3) is 1.00. The van der Waals surface area contributed by atoms with Crippen molar-refractivity contribution in [3.63, 3.8) is 0 Å². The summed E-state index contributed by atoms with van der Waals surface area (Å²) in [4.78, 5) is 0. The number of hydrogen-bond acceptors (Lipinski definition) is 3. The maximum absolute atomic E-state index is 5.70.